The second kappa shape index (κ2) is 51.0. The van der Waals surface area contributed by atoms with Crippen molar-refractivity contribution in [3.63, 3.8) is 0 Å². The van der Waals surface area contributed by atoms with Crippen LogP contribution in [-0.4, -0.2) is 430 Å². The largest absolute Gasteiger partial charge is 0.414 e. The zero-order valence-electron chi connectivity index (χ0n) is 96.3. The Morgan fingerprint density at radius 3 is 0.394 bits per heavy atom. The van der Waals surface area contributed by atoms with E-state index in [0.29, 0.717) is 0 Å². The van der Waals surface area contributed by atoms with Gasteiger partial charge in [-0.2, -0.15) is 0 Å². The molecule has 0 radical (unpaired) electrons. The monoisotopic (exact) mass is 2160 g/mol. The second-order valence-corrected chi connectivity index (χ2v) is 83.8. The molecule has 21 heterocycles. The SMILES string of the molecule is CO[C@@H]1[C@@H](OC)[C@H]2O[C@H]3[C@H](OC)[C@@H](OC)[C@@H](O[C@H]4[C@H](OC)[C@@H](OC)[C@@H](O[C@H]5[C@H](OC)[C@@H](OC)[C@@H](O[C@H]6[C@H](OC)[C@@H](OCCO)[C@@H](O[C@H]7[C@H](OC)[C@@H](OC)[C@@H](O[C@H]8[C@H](OC)[C@@H](OC)[C@@H](O[C@@H]1[C@@H](CO[Si](C)(C)C(C)(C)C)O2)O[C@@H]8CO[Si](C)(C)C(C)(C)C)O[C@@H]7CO[Si](C)(C)C(C)(C)C)O[C@@H]6CO[Si](C)(C)C(C)(C)C)O[C@@H]5CO[Si](C)(C)C(C)(C)C)O[C@@H]4CO[Si](C)(C)C(C)(C)C)O[C@@H]3CO[Si](C)(C)C(C)(C)C. The maximum Gasteiger partial charge on any atom is 0.192 e. The van der Waals surface area contributed by atoms with Crippen LogP contribution in [0.5, 0.6) is 0 Å². The summed E-state index contributed by atoms with van der Waals surface area (Å²) in [5.74, 6) is 0. The summed E-state index contributed by atoms with van der Waals surface area (Å²) in [4.78, 5) is 0. The van der Waals surface area contributed by atoms with E-state index >= 15 is 0 Å². The zero-order chi connectivity index (χ0) is 107. The zero-order valence-corrected chi connectivity index (χ0v) is 103. The molecule has 1 N–H and O–H groups in total. The summed E-state index contributed by atoms with van der Waals surface area (Å²) >= 11 is 0. The molecule has 0 aromatic carbocycles. The maximum atomic E-state index is 11.0. The first-order valence-electron chi connectivity index (χ1n) is 51.2. The molecular weight excluding hydrogens is 1960 g/mol. The van der Waals surface area contributed by atoms with Gasteiger partial charge in [0.15, 0.2) is 102 Å². The Morgan fingerprint density at radius 2 is 0.289 bits per heavy atom. The topological polar surface area (TPSA) is 343 Å². The number of ether oxygens (including phenoxy) is 28. The predicted octanol–water partition coefficient (Wildman–Crippen LogP) is 14.5. The molecule has 142 heavy (non-hydrogen) atoms. The van der Waals surface area contributed by atoms with Crippen molar-refractivity contribution >= 4 is 58.2 Å². The molecule has 21 fully saturated rings. The van der Waals surface area contributed by atoms with Crippen LogP contribution in [0.2, 0.25) is 127 Å². The van der Waals surface area contributed by atoms with E-state index in [-0.39, 0.29) is 88.1 Å². The number of methoxy groups -OCH3 is 13. The van der Waals surface area contributed by atoms with Crippen molar-refractivity contribution < 1.29 is 169 Å². The lowest BCUT2D eigenvalue weighted by Crippen LogP contribution is -2.70. The third-order valence-electron chi connectivity index (χ3n) is 34.0. The van der Waals surface area contributed by atoms with Crippen molar-refractivity contribution in [1.29, 1.82) is 0 Å². The van der Waals surface area contributed by atoms with E-state index in [9.17, 15) is 5.11 Å². The minimum atomic E-state index is -2.71. The van der Waals surface area contributed by atoms with Gasteiger partial charge in [0.05, 0.1) is 59.5 Å². The number of rotatable bonds is 37. The molecule has 21 aliphatic rings. The summed E-state index contributed by atoms with van der Waals surface area (Å²) in [7, 11) is 1.66. The van der Waals surface area contributed by atoms with E-state index in [1.165, 1.54) is 0 Å². The lowest BCUT2D eigenvalue weighted by molar-refractivity contribution is -0.402. The summed E-state index contributed by atoms with van der Waals surface area (Å²) < 4.78 is 252. The van der Waals surface area contributed by atoms with E-state index in [1.54, 1.807) is 92.4 Å². The molecule has 21 rings (SSSR count). The van der Waals surface area contributed by atoms with Crippen LogP contribution in [0.4, 0.5) is 0 Å². The Hall–Kier alpha value is 0.0782. The summed E-state index contributed by atoms with van der Waals surface area (Å²) in [6.45, 7) is 75.2. The molecule has 0 aromatic rings. The first kappa shape index (κ1) is 127. The van der Waals surface area contributed by atoms with Gasteiger partial charge in [0.1, 0.15) is 171 Å². The number of aliphatic hydroxyl groups is 1. The quantitative estimate of drug-likeness (QED) is 0.0565. The van der Waals surface area contributed by atoms with E-state index in [4.69, 9.17) is 164 Å². The molecule has 36 nitrogen and oxygen atoms in total. The standard InChI is InChI=1S/C99H198O36Si7/c1-93(2,3)136(35,36)115-51-58-65-72(101-22)79(108-29)87(122-58)130-67-60(53-117-138(39,40)95(7,8)9)124-89(81(110-31)74(67)103-24)132-69-62(55-119-140(43,44)97(13,14)15)126-91(83(112-33)76(69)105-26)134-71-64(57-121-142(47,48)99(19,20)21)128-92(85(78(71)107-28)114-50-49-100)135-70-63(56-120-141(45,46)98(16,17)18)127-90(84(113-34)77(70)106-27)133-68-61(54-118-139(41,42)96(10,11)12)125-88(82(111-32)75(68)104-25)131-66-59(52-116-137(37,38)94(4,5)6)123-86(129-65)80(109-30)73(66)102-23/h58-92,100H,49-57H2,1-48H3/t58-,59-,60-,61-,62-,63-,64-,65-,66-,67-,68-,69-,70-,71-,72+,73+,74+,75+,76+,77+,78+,79-,80-,81-,82-,83-,84-,85-,86-,87-,88-,89-,90-,91-,92-/m1/s1. The highest BCUT2D eigenvalue weighted by molar-refractivity contribution is 6.76. The lowest BCUT2D eigenvalue weighted by atomic mass is 9.94. The summed E-state index contributed by atoms with van der Waals surface area (Å²) in [5, 5.41) is 9.01. The van der Waals surface area contributed by atoms with Crippen LogP contribution in [0.3, 0.4) is 0 Å². The van der Waals surface area contributed by atoms with Gasteiger partial charge in [-0.3, -0.25) is 0 Å². The Kier molecular flexibility index (Phi) is 45.7. The summed E-state index contributed by atoms with van der Waals surface area (Å²) in [6, 6.07) is 0. The van der Waals surface area contributed by atoms with E-state index in [1.807, 2.05) is 0 Å². The number of hydrogen-bond acceptors (Lipinski definition) is 36. The first-order valence-corrected chi connectivity index (χ1v) is 71.6. The van der Waals surface area contributed by atoms with E-state index < -0.39 is 280 Å². The molecule has 0 unspecified atom stereocenters. The molecule has 35 atom stereocenters. The normalized spacial score (nSPS) is 37.3. The fraction of sp³-hybridized carbons (Fsp3) is 1.00. The molecule has 0 saturated carbocycles. The molecule has 21 aliphatic heterocycles. The average Bonchev–Trinajstić information content (AvgIpc) is 0.777. The maximum absolute atomic E-state index is 11.0. The minimum absolute atomic E-state index is 0.0228. The number of aliphatic hydroxyl groups excluding tert-OH is 1. The fourth-order valence-electron chi connectivity index (χ4n) is 17.4. The van der Waals surface area contributed by atoms with Crippen molar-refractivity contribution in [2.75, 3.05) is 152 Å². The van der Waals surface area contributed by atoms with Gasteiger partial charge in [-0.25, -0.2) is 0 Å². The first-order chi connectivity index (χ1) is 65.5. The van der Waals surface area contributed by atoms with Crippen molar-refractivity contribution in [2.45, 2.75) is 487 Å². The van der Waals surface area contributed by atoms with Crippen LogP contribution in [0.1, 0.15) is 145 Å². The average molecular weight is 2160 g/mol. The van der Waals surface area contributed by atoms with Crippen molar-refractivity contribution in [2.24, 2.45) is 0 Å². The van der Waals surface area contributed by atoms with Crippen molar-refractivity contribution in [1.82, 2.24) is 0 Å². The highest BCUT2D eigenvalue weighted by atomic mass is 28.4. The third-order valence-corrected chi connectivity index (χ3v) is 65.5. The number of hydrogen-bond donors (Lipinski definition) is 1. The molecule has 0 amide bonds. The second-order valence-electron chi connectivity index (χ2n) is 50.2. The fourth-order valence-corrected chi connectivity index (χ4v) is 24.5. The van der Waals surface area contributed by atoms with Crippen LogP contribution in [0.15, 0.2) is 0 Å². The summed E-state index contributed by atoms with van der Waals surface area (Å²) in [6.07, 6.45) is -39.6. The Morgan fingerprint density at radius 1 is 0.176 bits per heavy atom. The lowest BCUT2D eigenvalue weighted by Gasteiger charge is -2.53. The molecule has 0 aromatic heterocycles. The minimum Gasteiger partial charge on any atom is -0.414 e. The van der Waals surface area contributed by atoms with Crippen molar-refractivity contribution in [3.8, 4) is 0 Å². The highest BCUT2D eigenvalue weighted by Gasteiger charge is 2.65. The predicted molar refractivity (Wildman–Crippen MR) is 554 cm³/mol. The van der Waals surface area contributed by atoms with E-state index in [0.717, 1.165) is 0 Å². The molecule has 0 spiro atoms. The molecule has 14 bridgehead atoms. The van der Waals surface area contributed by atoms with Gasteiger partial charge in [-0.15, -0.1) is 0 Å². The molecule has 0 aliphatic carbocycles. The van der Waals surface area contributed by atoms with Crippen molar-refractivity contribution in [3.05, 3.63) is 0 Å². The van der Waals surface area contributed by atoms with Crippen LogP contribution in [0, 0.1) is 0 Å². The highest BCUT2D eigenvalue weighted by Crippen LogP contribution is 2.50. The van der Waals surface area contributed by atoms with Crippen LogP contribution < -0.4 is 0 Å². The van der Waals surface area contributed by atoms with Crippen LogP contribution >= 0.6 is 0 Å². The van der Waals surface area contributed by atoms with Gasteiger partial charge < -0.3 is 169 Å². The van der Waals surface area contributed by atoms with Gasteiger partial charge in [0.25, 0.3) is 0 Å². The Labute approximate surface area is 861 Å². The Bertz CT molecular complexity index is 3650. The Balaban J connectivity index is 1.45. The molecular formula is C99H198O36Si7. The molecule has 838 valence electrons. The third kappa shape index (κ3) is 29.5. The van der Waals surface area contributed by atoms with Crippen LogP contribution in [-0.2, 0) is 164 Å². The van der Waals surface area contributed by atoms with Gasteiger partial charge in [0, 0.05) is 92.4 Å². The molecule has 21 saturated heterocycles. The van der Waals surface area contributed by atoms with Gasteiger partial charge in [0.2, 0.25) is 0 Å². The van der Waals surface area contributed by atoms with Gasteiger partial charge >= 0.3 is 0 Å². The van der Waals surface area contributed by atoms with Gasteiger partial charge in [-0.05, 0) is 127 Å². The van der Waals surface area contributed by atoms with E-state index in [2.05, 4.69) is 237 Å². The molecule has 43 heteroatoms. The van der Waals surface area contributed by atoms with Crippen LogP contribution in [0.25, 0.3) is 0 Å². The van der Waals surface area contributed by atoms with Gasteiger partial charge in [-0.1, -0.05) is 145 Å². The summed E-state index contributed by atoms with van der Waals surface area (Å²) in [5.41, 5.74) is 0. The smallest absolute Gasteiger partial charge is 0.192 e.